The molecule has 0 fully saturated rings. The van der Waals surface area contributed by atoms with E-state index in [1.165, 1.54) is 17.5 Å². The molecule has 0 aliphatic heterocycles. The van der Waals surface area contributed by atoms with Gasteiger partial charge in [0, 0.05) is 6.54 Å². The first kappa shape index (κ1) is 10.7. The third-order valence-corrected chi connectivity index (χ3v) is 3.09. The molecule has 0 radical (unpaired) electrons. The molecule has 0 unspecified atom stereocenters. The third kappa shape index (κ3) is 3.92. The van der Waals surface area contributed by atoms with Gasteiger partial charge >= 0.3 is 0 Å². The molecule has 0 aromatic carbocycles. The van der Waals surface area contributed by atoms with Gasteiger partial charge in [0.2, 0.25) is 0 Å². The Hall–Kier alpha value is -0.340. The molecular formula is C11H19NS. The largest absolute Gasteiger partial charge is 0.313 e. The lowest BCUT2D eigenvalue weighted by molar-refractivity contribution is 0.537. The fraction of sp³-hybridized carbons (Fsp3) is 0.636. The summed E-state index contributed by atoms with van der Waals surface area (Å²) in [7, 11) is 0. The summed E-state index contributed by atoms with van der Waals surface area (Å²) in [6.07, 6.45) is 1.27. The van der Waals surface area contributed by atoms with Gasteiger partial charge in [0.25, 0.3) is 0 Å². The first-order chi connectivity index (χ1) is 6.20. The van der Waals surface area contributed by atoms with Crippen LogP contribution in [-0.2, 0) is 6.54 Å². The van der Waals surface area contributed by atoms with E-state index in [0.717, 1.165) is 19.0 Å². The van der Waals surface area contributed by atoms with Gasteiger partial charge in [0.05, 0.1) is 0 Å². The number of hydrogen-bond acceptors (Lipinski definition) is 2. The van der Waals surface area contributed by atoms with Crippen LogP contribution in [0.5, 0.6) is 0 Å². The van der Waals surface area contributed by atoms with Crippen LogP contribution in [0.15, 0.2) is 10.8 Å². The van der Waals surface area contributed by atoms with E-state index in [9.17, 15) is 0 Å². The molecule has 1 heterocycles. The van der Waals surface area contributed by atoms with Gasteiger partial charge in [0.1, 0.15) is 0 Å². The van der Waals surface area contributed by atoms with Crippen molar-refractivity contribution >= 4 is 11.3 Å². The van der Waals surface area contributed by atoms with Crippen LogP contribution in [0, 0.1) is 12.8 Å². The molecule has 13 heavy (non-hydrogen) atoms. The van der Waals surface area contributed by atoms with E-state index >= 15 is 0 Å². The highest BCUT2D eigenvalue weighted by atomic mass is 32.1. The van der Waals surface area contributed by atoms with Crippen LogP contribution in [0.25, 0.3) is 0 Å². The Balaban J connectivity index is 2.17. The van der Waals surface area contributed by atoms with Gasteiger partial charge in [-0.1, -0.05) is 13.8 Å². The molecule has 1 aromatic heterocycles. The second-order valence-electron chi connectivity index (χ2n) is 3.94. The molecule has 0 aliphatic rings. The van der Waals surface area contributed by atoms with E-state index < -0.39 is 0 Å². The van der Waals surface area contributed by atoms with Crippen LogP contribution >= 0.6 is 11.3 Å². The Kier molecular flexibility index (Phi) is 4.46. The zero-order valence-electron chi connectivity index (χ0n) is 8.76. The minimum atomic E-state index is 0.802. The Morgan fingerprint density at radius 2 is 2.15 bits per heavy atom. The summed E-state index contributed by atoms with van der Waals surface area (Å²) in [5.41, 5.74) is 2.87. The Labute approximate surface area is 85.2 Å². The van der Waals surface area contributed by atoms with Crippen molar-refractivity contribution in [1.29, 1.82) is 0 Å². The molecule has 0 bridgehead atoms. The molecule has 0 atom stereocenters. The van der Waals surface area contributed by atoms with Gasteiger partial charge in [-0.3, -0.25) is 0 Å². The van der Waals surface area contributed by atoms with E-state index in [1.54, 1.807) is 11.3 Å². The lowest BCUT2D eigenvalue weighted by atomic mass is 10.1. The Morgan fingerprint density at radius 3 is 2.69 bits per heavy atom. The molecule has 1 nitrogen and oxygen atoms in total. The van der Waals surface area contributed by atoms with Gasteiger partial charge in [0.15, 0.2) is 0 Å². The van der Waals surface area contributed by atoms with Crippen molar-refractivity contribution in [2.75, 3.05) is 6.54 Å². The van der Waals surface area contributed by atoms with Crippen LogP contribution in [0.3, 0.4) is 0 Å². The standard InChI is InChI=1S/C11H19NS/c1-9(2)4-5-12-6-11-8-13-7-10(11)3/h7-9,12H,4-6H2,1-3H3. The van der Waals surface area contributed by atoms with Gasteiger partial charge in [-0.2, -0.15) is 11.3 Å². The fourth-order valence-corrected chi connectivity index (χ4v) is 2.04. The molecule has 0 aliphatic carbocycles. The lowest BCUT2D eigenvalue weighted by Crippen LogP contribution is -2.16. The van der Waals surface area contributed by atoms with Gasteiger partial charge in [-0.25, -0.2) is 0 Å². The number of nitrogens with one attached hydrogen (secondary N) is 1. The monoisotopic (exact) mass is 197 g/mol. The SMILES string of the molecule is Cc1cscc1CNCCC(C)C. The molecule has 0 amide bonds. The quantitative estimate of drug-likeness (QED) is 0.715. The van der Waals surface area contributed by atoms with Crippen molar-refractivity contribution in [3.63, 3.8) is 0 Å². The topological polar surface area (TPSA) is 12.0 Å². The van der Waals surface area contributed by atoms with Crippen molar-refractivity contribution < 1.29 is 0 Å². The summed E-state index contributed by atoms with van der Waals surface area (Å²) in [5, 5.41) is 7.91. The minimum absolute atomic E-state index is 0.802. The van der Waals surface area contributed by atoms with E-state index in [2.05, 4.69) is 36.8 Å². The van der Waals surface area contributed by atoms with Gasteiger partial charge in [-0.15, -0.1) is 0 Å². The van der Waals surface area contributed by atoms with E-state index in [1.807, 2.05) is 0 Å². The van der Waals surface area contributed by atoms with Crippen molar-refractivity contribution in [2.45, 2.75) is 33.7 Å². The van der Waals surface area contributed by atoms with Crippen LogP contribution in [0.2, 0.25) is 0 Å². The molecule has 1 aromatic rings. The second-order valence-corrected chi connectivity index (χ2v) is 4.68. The number of thiophene rings is 1. The average molecular weight is 197 g/mol. The van der Waals surface area contributed by atoms with E-state index in [4.69, 9.17) is 0 Å². The molecule has 2 heteroatoms. The van der Waals surface area contributed by atoms with Gasteiger partial charge < -0.3 is 5.32 Å². The summed E-state index contributed by atoms with van der Waals surface area (Å²) in [6.45, 7) is 8.86. The van der Waals surface area contributed by atoms with E-state index in [0.29, 0.717) is 0 Å². The third-order valence-electron chi connectivity index (χ3n) is 2.18. The van der Waals surface area contributed by atoms with Crippen LogP contribution in [0.4, 0.5) is 0 Å². The summed E-state index contributed by atoms with van der Waals surface area (Å²) < 4.78 is 0. The van der Waals surface area contributed by atoms with Crippen molar-refractivity contribution in [3.05, 3.63) is 21.9 Å². The smallest absolute Gasteiger partial charge is 0.0216 e. The van der Waals surface area contributed by atoms with Crippen LogP contribution in [0.1, 0.15) is 31.4 Å². The van der Waals surface area contributed by atoms with Gasteiger partial charge in [-0.05, 0) is 47.7 Å². The predicted octanol–water partition coefficient (Wildman–Crippen LogP) is 3.19. The molecule has 1 N–H and O–H groups in total. The van der Waals surface area contributed by atoms with Crippen molar-refractivity contribution in [1.82, 2.24) is 5.32 Å². The number of aryl methyl sites for hydroxylation is 1. The summed E-state index contributed by atoms with van der Waals surface area (Å²) in [5.74, 6) is 0.802. The highest BCUT2D eigenvalue weighted by Crippen LogP contribution is 2.12. The second kappa shape index (κ2) is 5.40. The molecule has 74 valence electrons. The number of hydrogen-bond donors (Lipinski definition) is 1. The van der Waals surface area contributed by atoms with Crippen LogP contribution < -0.4 is 5.32 Å². The number of rotatable bonds is 5. The Morgan fingerprint density at radius 1 is 1.38 bits per heavy atom. The zero-order chi connectivity index (χ0) is 9.68. The molecule has 0 spiro atoms. The zero-order valence-corrected chi connectivity index (χ0v) is 9.58. The molecule has 0 saturated carbocycles. The first-order valence-electron chi connectivity index (χ1n) is 4.92. The molecule has 0 saturated heterocycles. The maximum Gasteiger partial charge on any atom is 0.0216 e. The molecule has 1 rings (SSSR count). The minimum Gasteiger partial charge on any atom is -0.313 e. The van der Waals surface area contributed by atoms with Crippen molar-refractivity contribution in [2.24, 2.45) is 5.92 Å². The highest BCUT2D eigenvalue weighted by molar-refractivity contribution is 7.08. The summed E-state index contributed by atoms with van der Waals surface area (Å²) in [4.78, 5) is 0. The van der Waals surface area contributed by atoms with Crippen molar-refractivity contribution in [3.8, 4) is 0 Å². The maximum absolute atomic E-state index is 3.47. The maximum atomic E-state index is 3.47. The highest BCUT2D eigenvalue weighted by Gasteiger charge is 1.98. The van der Waals surface area contributed by atoms with E-state index in [-0.39, 0.29) is 0 Å². The van der Waals surface area contributed by atoms with Crippen LogP contribution in [-0.4, -0.2) is 6.54 Å². The summed E-state index contributed by atoms with van der Waals surface area (Å²) in [6, 6.07) is 0. The average Bonchev–Trinajstić information content (AvgIpc) is 2.45. The fourth-order valence-electron chi connectivity index (χ4n) is 1.18. The first-order valence-corrected chi connectivity index (χ1v) is 5.87. The molecular weight excluding hydrogens is 178 g/mol. The lowest BCUT2D eigenvalue weighted by Gasteiger charge is -2.06. The summed E-state index contributed by atoms with van der Waals surface area (Å²) >= 11 is 1.79. The predicted molar refractivity (Wildman–Crippen MR) is 60.2 cm³/mol. The Bertz CT molecular complexity index is 240. The normalized spacial score (nSPS) is 11.1.